The summed E-state index contributed by atoms with van der Waals surface area (Å²) in [4.78, 5) is 45.9. The first kappa shape index (κ1) is 25.6. The molecule has 10 heteroatoms. The van der Waals surface area contributed by atoms with Crippen LogP contribution in [0.25, 0.3) is 0 Å². The number of carbonyl (C=O) groups is 3. The lowest BCUT2D eigenvalue weighted by molar-refractivity contribution is -0.118. The van der Waals surface area contributed by atoms with E-state index in [4.69, 9.17) is 0 Å². The molecular formula is C26H30FN5O3S. The smallest absolute Gasteiger partial charge is 0.294 e. The van der Waals surface area contributed by atoms with Crippen molar-refractivity contribution in [2.24, 2.45) is 7.05 Å². The van der Waals surface area contributed by atoms with Gasteiger partial charge in [0.25, 0.3) is 17.6 Å². The first-order valence-electron chi connectivity index (χ1n) is 11.8. The number of anilines is 2. The fraction of sp³-hybridized carbons (Fsp3) is 0.385. The summed E-state index contributed by atoms with van der Waals surface area (Å²) >= 11 is 1.58. The number of aromatic nitrogens is 2. The third-order valence-electron chi connectivity index (χ3n) is 6.97. The zero-order chi connectivity index (χ0) is 26.2. The van der Waals surface area contributed by atoms with E-state index >= 15 is 0 Å². The Morgan fingerprint density at radius 1 is 1.14 bits per heavy atom. The van der Waals surface area contributed by atoms with Crippen molar-refractivity contribution in [3.8, 4) is 0 Å². The lowest BCUT2D eigenvalue weighted by atomic mass is 9.89. The molecule has 4 rings (SSSR count). The standard InChI is InChI=1S/C26H30FN5O3S/c1-15-14-18(6-7-19(15)27)29-23(34)20-16(2)21(31(5)17(20)3)22(33)24(35)30-26(4)8-11-32(12-9-26)25-28-10-13-36-25/h6-7,10,13-14H,8-9,11-12H2,1-5H3,(H,29,34)(H,30,35). The summed E-state index contributed by atoms with van der Waals surface area (Å²) in [5, 5.41) is 8.59. The van der Waals surface area contributed by atoms with Gasteiger partial charge in [0.2, 0.25) is 0 Å². The maximum atomic E-state index is 13.6. The van der Waals surface area contributed by atoms with Crippen molar-refractivity contribution in [2.45, 2.75) is 46.1 Å². The number of nitrogens with zero attached hydrogens (tertiary/aromatic N) is 3. The van der Waals surface area contributed by atoms with Crippen molar-refractivity contribution in [3.05, 3.63) is 63.7 Å². The highest BCUT2D eigenvalue weighted by Gasteiger charge is 2.36. The number of benzene rings is 1. The Bertz CT molecular complexity index is 1320. The predicted molar refractivity (Wildman–Crippen MR) is 138 cm³/mol. The van der Waals surface area contributed by atoms with Crippen LogP contribution in [0.4, 0.5) is 15.2 Å². The Balaban J connectivity index is 1.48. The summed E-state index contributed by atoms with van der Waals surface area (Å²) in [5.41, 5.74) is 1.82. The number of aryl methyl sites for hydroxylation is 1. The van der Waals surface area contributed by atoms with Crippen LogP contribution in [0.5, 0.6) is 0 Å². The van der Waals surface area contributed by atoms with Gasteiger partial charge >= 0.3 is 0 Å². The van der Waals surface area contributed by atoms with E-state index in [0.29, 0.717) is 40.9 Å². The molecule has 0 spiro atoms. The van der Waals surface area contributed by atoms with Gasteiger partial charge in [-0.25, -0.2) is 9.37 Å². The number of halogens is 1. The largest absolute Gasteiger partial charge is 0.348 e. The van der Waals surface area contributed by atoms with Crippen LogP contribution in [-0.2, 0) is 11.8 Å². The Hall–Kier alpha value is -3.53. The lowest BCUT2D eigenvalue weighted by Gasteiger charge is -2.39. The number of ketones is 1. The summed E-state index contributed by atoms with van der Waals surface area (Å²) in [7, 11) is 1.66. The molecule has 0 aliphatic carbocycles. The molecule has 1 saturated heterocycles. The highest BCUT2D eigenvalue weighted by molar-refractivity contribution is 7.13. The molecule has 0 saturated carbocycles. The molecule has 36 heavy (non-hydrogen) atoms. The SMILES string of the molecule is Cc1cc(NC(=O)c2c(C)c(C(=O)C(=O)NC3(C)CCN(c4nccs4)CC3)n(C)c2C)ccc1F. The number of rotatable bonds is 6. The molecule has 1 aromatic carbocycles. The van der Waals surface area contributed by atoms with Crippen LogP contribution in [0.2, 0.25) is 0 Å². The summed E-state index contributed by atoms with van der Waals surface area (Å²) in [5.74, 6) is -2.16. The van der Waals surface area contributed by atoms with Gasteiger partial charge in [0.05, 0.1) is 11.3 Å². The van der Waals surface area contributed by atoms with Crippen LogP contribution in [0, 0.1) is 26.6 Å². The van der Waals surface area contributed by atoms with Gasteiger partial charge in [-0.05, 0) is 69.9 Å². The lowest BCUT2D eigenvalue weighted by Crippen LogP contribution is -2.55. The zero-order valence-corrected chi connectivity index (χ0v) is 21.9. The topological polar surface area (TPSA) is 96.3 Å². The highest BCUT2D eigenvalue weighted by Crippen LogP contribution is 2.28. The first-order valence-corrected chi connectivity index (χ1v) is 12.6. The Labute approximate surface area is 213 Å². The molecule has 0 bridgehead atoms. The average Bonchev–Trinajstić information content (AvgIpc) is 3.43. The van der Waals surface area contributed by atoms with E-state index in [-0.39, 0.29) is 11.5 Å². The van der Waals surface area contributed by atoms with E-state index < -0.39 is 23.1 Å². The predicted octanol–water partition coefficient (Wildman–Crippen LogP) is 4.16. The number of amides is 2. The zero-order valence-electron chi connectivity index (χ0n) is 21.1. The van der Waals surface area contributed by atoms with Gasteiger partial charge in [0.1, 0.15) is 5.82 Å². The van der Waals surface area contributed by atoms with Crippen LogP contribution < -0.4 is 15.5 Å². The van der Waals surface area contributed by atoms with Crippen LogP contribution >= 0.6 is 11.3 Å². The van der Waals surface area contributed by atoms with Gasteiger partial charge in [-0.3, -0.25) is 14.4 Å². The second-order valence-corrected chi connectivity index (χ2v) is 10.4. The van der Waals surface area contributed by atoms with Gasteiger partial charge in [0, 0.05) is 48.6 Å². The van der Waals surface area contributed by atoms with Crippen LogP contribution in [0.15, 0.2) is 29.8 Å². The molecule has 2 aromatic heterocycles. The molecule has 1 aliphatic heterocycles. The second-order valence-electron chi connectivity index (χ2n) is 9.56. The Kier molecular flexibility index (Phi) is 6.99. The quantitative estimate of drug-likeness (QED) is 0.383. The van der Waals surface area contributed by atoms with Crippen molar-refractivity contribution in [3.63, 3.8) is 0 Å². The van der Waals surface area contributed by atoms with E-state index in [1.807, 2.05) is 12.3 Å². The maximum absolute atomic E-state index is 13.6. The van der Waals surface area contributed by atoms with Gasteiger partial charge in [0.15, 0.2) is 5.13 Å². The van der Waals surface area contributed by atoms with Gasteiger partial charge in [-0.1, -0.05) is 0 Å². The van der Waals surface area contributed by atoms with Crippen molar-refractivity contribution < 1.29 is 18.8 Å². The van der Waals surface area contributed by atoms with Crippen LogP contribution in [-0.4, -0.2) is 45.8 Å². The fourth-order valence-electron chi connectivity index (χ4n) is 4.68. The van der Waals surface area contributed by atoms with Crippen LogP contribution in [0.1, 0.15) is 57.4 Å². The molecule has 8 nitrogen and oxygen atoms in total. The normalized spacial score (nSPS) is 15.0. The maximum Gasteiger partial charge on any atom is 0.294 e. The number of Topliss-reactive ketones (excluding diaryl/α,β-unsaturated/α-hetero) is 1. The third kappa shape index (κ3) is 4.90. The van der Waals surface area contributed by atoms with Crippen molar-refractivity contribution in [1.29, 1.82) is 0 Å². The molecule has 2 amide bonds. The second kappa shape index (κ2) is 9.85. The number of carbonyl (C=O) groups excluding carboxylic acids is 3. The first-order chi connectivity index (χ1) is 17.0. The van der Waals surface area contributed by atoms with Gasteiger partial charge < -0.3 is 20.1 Å². The average molecular weight is 512 g/mol. The fourth-order valence-corrected chi connectivity index (χ4v) is 5.37. The summed E-state index contributed by atoms with van der Waals surface area (Å²) in [6.07, 6.45) is 3.14. The Morgan fingerprint density at radius 2 is 1.83 bits per heavy atom. The van der Waals surface area contributed by atoms with Crippen molar-refractivity contribution in [2.75, 3.05) is 23.3 Å². The molecular weight excluding hydrogens is 481 g/mol. The molecule has 3 aromatic rings. The molecule has 0 atom stereocenters. The van der Waals surface area contributed by atoms with E-state index in [1.54, 1.807) is 56.0 Å². The van der Waals surface area contributed by atoms with E-state index in [2.05, 4.69) is 20.5 Å². The van der Waals surface area contributed by atoms with Crippen molar-refractivity contribution in [1.82, 2.24) is 14.9 Å². The number of piperidine rings is 1. The molecule has 1 aliphatic rings. The minimum Gasteiger partial charge on any atom is -0.348 e. The van der Waals surface area contributed by atoms with E-state index in [9.17, 15) is 18.8 Å². The molecule has 2 N–H and O–H groups in total. The molecule has 3 heterocycles. The minimum atomic E-state index is -0.690. The van der Waals surface area contributed by atoms with Crippen LogP contribution in [0.3, 0.4) is 0 Å². The third-order valence-corrected chi connectivity index (χ3v) is 7.80. The Morgan fingerprint density at radius 3 is 2.44 bits per heavy atom. The van der Waals surface area contributed by atoms with Gasteiger partial charge in [-0.15, -0.1) is 11.3 Å². The number of nitrogens with one attached hydrogen (secondary N) is 2. The summed E-state index contributed by atoms with van der Waals surface area (Å²) in [6, 6.07) is 4.31. The summed E-state index contributed by atoms with van der Waals surface area (Å²) < 4.78 is 15.2. The van der Waals surface area contributed by atoms with Crippen molar-refractivity contribution >= 4 is 39.8 Å². The van der Waals surface area contributed by atoms with Gasteiger partial charge in [-0.2, -0.15) is 0 Å². The molecule has 0 unspecified atom stereocenters. The van der Waals surface area contributed by atoms with E-state index in [1.165, 1.54) is 12.1 Å². The number of thiazole rings is 1. The number of hydrogen-bond donors (Lipinski definition) is 2. The molecule has 190 valence electrons. The number of hydrogen-bond acceptors (Lipinski definition) is 6. The molecule has 1 fully saturated rings. The summed E-state index contributed by atoms with van der Waals surface area (Å²) in [6.45, 7) is 8.41. The molecule has 0 radical (unpaired) electrons. The minimum absolute atomic E-state index is 0.175. The highest BCUT2D eigenvalue weighted by atomic mass is 32.1. The van der Waals surface area contributed by atoms with E-state index in [0.717, 1.165) is 18.2 Å². The monoisotopic (exact) mass is 511 g/mol.